The smallest absolute Gasteiger partial charge is 0.348 e. The van der Waals surface area contributed by atoms with Gasteiger partial charge in [-0.05, 0) is 34.5 Å². The number of ether oxygens (including phenoxy) is 1. The predicted octanol–water partition coefficient (Wildman–Crippen LogP) is 4.52. The van der Waals surface area contributed by atoms with Crippen LogP contribution in [0.15, 0.2) is 47.2 Å². The number of aromatic nitrogens is 2. The number of halogens is 1. The fraction of sp³-hybridized carbons (Fsp3) is 0.176. The first-order chi connectivity index (χ1) is 11.1. The fourth-order valence-electron chi connectivity index (χ4n) is 2.38. The minimum atomic E-state index is -0.308. The number of nitrogens with zero attached hydrogens (tertiary/aromatic N) is 2. The summed E-state index contributed by atoms with van der Waals surface area (Å²) in [6.45, 7) is 2.69. The van der Waals surface area contributed by atoms with Crippen molar-refractivity contribution in [3.05, 3.63) is 62.5 Å². The Labute approximate surface area is 146 Å². The maximum Gasteiger partial charge on any atom is 0.348 e. The predicted molar refractivity (Wildman–Crippen MR) is 94.9 cm³/mol. The van der Waals surface area contributed by atoms with E-state index in [9.17, 15) is 4.79 Å². The van der Waals surface area contributed by atoms with Crippen molar-refractivity contribution >= 4 is 33.2 Å². The monoisotopic (exact) mass is 390 g/mol. The summed E-state index contributed by atoms with van der Waals surface area (Å²) in [5.41, 5.74) is 3.16. The van der Waals surface area contributed by atoms with Crippen LogP contribution in [0.4, 0.5) is 0 Å². The number of carbonyl (C=O) groups is 1. The van der Waals surface area contributed by atoms with Crippen molar-refractivity contribution in [1.82, 2.24) is 9.78 Å². The molecule has 3 rings (SSSR count). The van der Waals surface area contributed by atoms with Crippen LogP contribution < -0.4 is 0 Å². The van der Waals surface area contributed by atoms with Crippen molar-refractivity contribution in [3.63, 3.8) is 0 Å². The van der Waals surface area contributed by atoms with Gasteiger partial charge < -0.3 is 4.74 Å². The molecule has 2 aromatic heterocycles. The van der Waals surface area contributed by atoms with Gasteiger partial charge in [0.2, 0.25) is 0 Å². The Morgan fingerprint density at radius 2 is 2.04 bits per heavy atom. The molecule has 0 aliphatic heterocycles. The van der Waals surface area contributed by atoms with E-state index in [4.69, 9.17) is 4.74 Å². The Kier molecular flexibility index (Phi) is 4.63. The van der Waals surface area contributed by atoms with E-state index in [0.29, 0.717) is 11.4 Å². The fourth-order valence-corrected chi connectivity index (χ4v) is 3.85. The molecule has 23 heavy (non-hydrogen) atoms. The summed E-state index contributed by atoms with van der Waals surface area (Å²) in [7, 11) is 1.39. The molecule has 0 unspecified atom stereocenters. The molecule has 118 valence electrons. The molecule has 1 aromatic carbocycles. The highest BCUT2D eigenvalue weighted by molar-refractivity contribution is 9.10. The molecule has 0 radical (unpaired) electrons. The highest BCUT2D eigenvalue weighted by Crippen LogP contribution is 2.35. The lowest BCUT2D eigenvalue weighted by Crippen LogP contribution is -1.99. The Balaban J connectivity index is 1.92. The molecular formula is C17H15BrN2O2S. The van der Waals surface area contributed by atoms with Crippen LogP contribution in [0.3, 0.4) is 0 Å². The number of benzene rings is 1. The van der Waals surface area contributed by atoms with E-state index in [2.05, 4.69) is 33.2 Å². The van der Waals surface area contributed by atoms with Gasteiger partial charge in [-0.25, -0.2) is 4.79 Å². The second-order valence-corrected chi connectivity index (χ2v) is 7.10. The lowest BCUT2D eigenvalue weighted by molar-refractivity contribution is 0.0606. The maximum absolute atomic E-state index is 11.7. The average Bonchev–Trinajstić information content (AvgIpc) is 3.10. The normalized spacial score (nSPS) is 10.7. The SMILES string of the molecule is COC(=O)c1cc(-c2cn(Cc3ccccc3)nc2Br)c(C)s1. The number of methoxy groups -OCH3 is 1. The highest BCUT2D eigenvalue weighted by atomic mass is 79.9. The minimum absolute atomic E-state index is 0.308. The Hall–Kier alpha value is -1.92. The van der Waals surface area contributed by atoms with E-state index in [1.54, 1.807) is 0 Å². The molecule has 0 saturated carbocycles. The van der Waals surface area contributed by atoms with Gasteiger partial charge in [0.25, 0.3) is 0 Å². The summed E-state index contributed by atoms with van der Waals surface area (Å²) in [5, 5.41) is 4.52. The second-order valence-electron chi connectivity index (χ2n) is 5.09. The molecule has 0 fully saturated rings. The van der Waals surface area contributed by atoms with Gasteiger partial charge in [-0.1, -0.05) is 30.3 Å². The Morgan fingerprint density at radius 3 is 2.74 bits per heavy atom. The van der Waals surface area contributed by atoms with Crippen molar-refractivity contribution in [3.8, 4) is 11.1 Å². The molecule has 0 amide bonds. The zero-order chi connectivity index (χ0) is 16.4. The van der Waals surface area contributed by atoms with E-state index >= 15 is 0 Å². The van der Waals surface area contributed by atoms with Crippen LogP contribution in [0.1, 0.15) is 20.1 Å². The van der Waals surface area contributed by atoms with Gasteiger partial charge in [-0.3, -0.25) is 4.68 Å². The van der Waals surface area contributed by atoms with Crippen molar-refractivity contribution in [2.75, 3.05) is 7.11 Å². The van der Waals surface area contributed by atoms with Gasteiger partial charge in [0, 0.05) is 22.2 Å². The lowest BCUT2D eigenvalue weighted by atomic mass is 10.1. The van der Waals surface area contributed by atoms with E-state index < -0.39 is 0 Å². The summed E-state index contributed by atoms with van der Waals surface area (Å²) in [6, 6.07) is 12.0. The first kappa shape index (κ1) is 16.0. The van der Waals surface area contributed by atoms with Gasteiger partial charge in [-0.15, -0.1) is 11.3 Å². The molecule has 6 heteroatoms. The molecule has 4 nitrogen and oxygen atoms in total. The number of hydrogen-bond acceptors (Lipinski definition) is 4. The maximum atomic E-state index is 11.7. The summed E-state index contributed by atoms with van der Waals surface area (Å²) in [5.74, 6) is -0.308. The summed E-state index contributed by atoms with van der Waals surface area (Å²) >= 11 is 4.95. The summed E-state index contributed by atoms with van der Waals surface area (Å²) in [6.07, 6.45) is 1.99. The average molecular weight is 391 g/mol. The topological polar surface area (TPSA) is 44.1 Å². The molecule has 0 aliphatic carbocycles. The molecule has 0 atom stereocenters. The standard InChI is InChI=1S/C17H15BrN2O2S/c1-11-13(8-15(23-11)17(21)22-2)14-10-20(19-16(14)18)9-12-6-4-3-5-7-12/h3-8,10H,9H2,1-2H3. The molecule has 0 aliphatic rings. The van der Waals surface area contributed by atoms with Crippen molar-refractivity contribution < 1.29 is 9.53 Å². The van der Waals surface area contributed by atoms with Gasteiger partial charge in [0.05, 0.1) is 13.7 Å². The summed E-state index contributed by atoms with van der Waals surface area (Å²) < 4.78 is 7.46. The highest BCUT2D eigenvalue weighted by Gasteiger charge is 2.17. The van der Waals surface area contributed by atoms with Gasteiger partial charge in [0.1, 0.15) is 9.48 Å². The van der Waals surface area contributed by atoms with Crippen LogP contribution in [-0.4, -0.2) is 22.9 Å². The van der Waals surface area contributed by atoms with Crippen LogP contribution in [0.2, 0.25) is 0 Å². The number of hydrogen-bond donors (Lipinski definition) is 0. The number of thiophene rings is 1. The van der Waals surface area contributed by atoms with Crippen LogP contribution in [0.25, 0.3) is 11.1 Å². The number of esters is 1. The number of carbonyl (C=O) groups excluding carboxylic acids is 1. The number of aryl methyl sites for hydroxylation is 1. The first-order valence-electron chi connectivity index (χ1n) is 7.04. The van der Waals surface area contributed by atoms with Crippen LogP contribution in [0.5, 0.6) is 0 Å². The molecule has 0 saturated heterocycles. The zero-order valence-electron chi connectivity index (χ0n) is 12.7. The van der Waals surface area contributed by atoms with Crippen LogP contribution in [-0.2, 0) is 11.3 Å². The molecule has 0 N–H and O–H groups in total. The van der Waals surface area contributed by atoms with Crippen molar-refractivity contribution in [2.24, 2.45) is 0 Å². The van der Waals surface area contributed by atoms with E-state index in [1.165, 1.54) is 24.0 Å². The number of rotatable bonds is 4. The third-order valence-electron chi connectivity index (χ3n) is 3.50. The van der Waals surface area contributed by atoms with E-state index in [0.717, 1.165) is 20.6 Å². The first-order valence-corrected chi connectivity index (χ1v) is 8.65. The van der Waals surface area contributed by atoms with E-state index in [1.807, 2.05) is 42.1 Å². The molecule has 2 heterocycles. The summed E-state index contributed by atoms with van der Waals surface area (Å²) in [4.78, 5) is 13.4. The van der Waals surface area contributed by atoms with E-state index in [-0.39, 0.29) is 5.97 Å². The van der Waals surface area contributed by atoms with Crippen LogP contribution in [0, 0.1) is 6.92 Å². The Bertz CT molecular complexity index is 840. The van der Waals surface area contributed by atoms with Crippen molar-refractivity contribution in [1.29, 1.82) is 0 Å². The zero-order valence-corrected chi connectivity index (χ0v) is 15.1. The van der Waals surface area contributed by atoms with Gasteiger partial charge in [0.15, 0.2) is 0 Å². The quantitative estimate of drug-likeness (QED) is 0.615. The van der Waals surface area contributed by atoms with Gasteiger partial charge >= 0.3 is 5.97 Å². The second kappa shape index (κ2) is 6.68. The largest absolute Gasteiger partial charge is 0.465 e. The molecule has 3 aromatic rings. The Morgan fingerprint density at radius 1 is 1.30 bits per heavy atom. The molecule has 0 spiro atoms. The molecular weight excluding hydrogens is 376 g/mol. The third kappa shape index (κ3) is 3.38. The van der Waals surface area contributed by atoms with Gasteiger partial charge in [-0.2, -0.15) is 5.10 Å². The van der Waals surface area contributed by atoms with Crippen molar-refractivity contribution in [2.45, 2.75) is 13.5 Å². The lowest BCUT2D eigenvalue weighted by Gasteiger charge is -2.00. The minimum Gasteiger partial charge on any atom is -0.465 e. The molecule has 0 bridgehead atoms. The van der Waals surface area contributed by atoms with Crippen LogP contribution >= 0.6 is 27.3 Å². The third-order valence-corrected chi connectivity index (χ3v) is 5.11.